The van der Waals surface area contributed by atoms with Gasteiger partial charge in [-0.05, 0) is 0 Å². The first-order valence-electron chi connectivity index (χ1n) is 13.0. The Bertz CT molecular complexity index is 285. The van der Waals surface area contributed by atoms with Gasteiger partial charge in [0.1, 0.15) is 0 Å². The molecule has 0 heterocycles. The second-order valence-electron chi connectivity index (χ2n) is 8.02. The summed E-state index contributed by atoms with van der Waals surface area (Å²) in [5.74, 6) is 0. The predicted molar refractivity (Wildman–Crippen MR) is 122 cm³/mol. The van der Waals surface area contributed by atoms with E-state index in [1.807, 2.05) is 0 Å². The van der Waals surface area contributed by atoms with Crippen LogP contribution in [0.15, 0.2) is 0 Å². The fourth-order valence-corrected chi connectivity index (χ4v) is 6.78. The second kappa shape index (κ2) is 24.0. The third kappa shape index (κ3) is 18.9. The number of ether oxygens (including phenoxy) is 3. The minimum atomic E-state index is -3.39. The molecule has 0 aromatic rings. The van der Waals surface area contributed by atoms with Gasteiger partial charge in [0, 0.05) is 0 Å². The molecule has 0 rings (SSSR count). The van der Waals surface area contributed by atoms with Crippen molar-refractivity contribution >= 4 is 0 Å². The number of hydrogen-bond donors (Lipinski definition) is 0. The van der Waals surface area contributed by atoms with Crippen molar-refractivity contribution in [1.82, 2.24) is 0 Å². The first kappa shape index (κ1) is 31.9. The molecular weight excluding hydrogens is 473 g/mol. The van der Waals surface area contributed by atoms with Crippen LogP contribution in [0.2, 0.25) is 0 Å². The Kier molecular flexibility index (Phi) is 24.7. The molecule has 0 aliphatic heterocycles. The maximum absolute atomic E-state index is 6.42. The van der Waals surface area contributed by atoms with Crippen molar-refractivity contribution in [2.24, 2.45) is 0 Å². The fraction of sp³-hybridized carbons (Fsp3) is 1.00. The Labute approximate surface area is 205 Å². The van der Waals surface area contributed by atoms with Gasteiger partial charge in [0.25, 0.3) is 0 Å². The van der Waals surface area contributed by atoms with Gasteiger partial charge >= 0.3 is 207 Å². The Morgan fingerprint density at radius 3 is 0.968 bits per heavy atom. The van der Waals surface area contributed by atoms with E-state index < -0.39 is 29.0 Å². The summed E-state index contributed by atoms with van der Waals surface area (Å²) in [6.07, 6.45) is 11.2. The van der Waals surface area contributed by atoms with Gasteiger partial charge in [-0.25, -0.2) is 0 Å². The van der Waals surface area contributed by atoms with Crippen LogP contribution in [-0.4, -0.2) is 38.7 Å². The van der Waals surface area contributed by atoms with E-state index in [1.165, 1.54) is 0 Å². The Morgan fingerprint density at radius 1 is 0.452 bits per heavy atom. The van der Waals surface area contributed by atoms with Crippen LogP contribution >= 0.6 is 0 Å². The summed E-state index contributed by atoms with van der Waals surface area (Å²) >= 11 is -3.39. The summed E-state index contributed by atoms with van der Waals surface area (Å²) < 4.78 is 37.3. The summed E-state index contributed by atoms with van der Waals surface area (Å²) in [6.45, 7) is 14.9. The molecule has 6 nitrogen and oxygen atoms in total. The molecule has 186 valence electrons. The van der Waals surface area contributed by atoms with Crippen LogP contribution in [0, 0.1) is 0 Å². The Balaban J connectivity index is 5.28. The average Bonchev–Trinajstić information content (AvgIpc) is 2.78. The van der Waals surface area contributed by atoms with E-state index in [-0.39, 0.29) is 18.9 Å². The zero-order valence-corrected chi connectivity index (χ0v) is 24.2. The van der Waals surface area contributed by atoms with Crippen molar-refractivity contribution in [1.29, 1.82) is 0 Å². The normalized spacial score (nSPS) is 14.5. The molecule has 0 N–H and O–H groups in total. The molecule has 31 heavy (non-hydrogen) atoms. The molecule has 3 unspecified atom stereocenters. The molecule has 0 saturated carbocycles. The van der Waals surface area contributed by atoms with Crippen molar-refractivity contribution in [2.75, 3.05) is 19.8 Å². The van der Waals surface area contributed by atoms with Gasteiger partial charge in [-0.2, -0.15) is 0 Å². The van der Waals surface area contributed by atoms with Crippen LogP contribution in [0.25, 0.3) is 0 Å². The van der Waals surface area contributed by atoms with Gasteiger partial charge in [-0.15, -0.1) is 0 Å². The van der Waals surface area contributed by atoms with Crippen LogP contribution in [0.5, 0.6) is 0 Å². The Morgan fingerprint density at radius 2 is 0.742 bits per heavy atom. The van der Waals surface area contributed by atoms with Gasteiger partial charge in [0.05, 0.1) is 0 Å². The first-order valence-corrected chi connectivity index (χ1v) is 16.4. The Hall–Kier alpha value is 0.864. The van der Waals surface area contributed by atoms with Crippen LogP contribution in [0.4, 0.5) is 0 Å². The van der Waals surface area contributed by atoms with Crippen LogP contribution < -0.4 is 0 Å². The van der Waals surface area contributed by atoms with Crippen molar-refractivity contribution in [3.63, 3.8) is 0 Å². The molecule has 0 fully saturated rings. The van der Waals surface area contributed by atoms with E-state index >= 15 is 0 Å². The summed E-state index contributed by atoms with van der Waals surface area (Å²) in [7, 11) is 0. The van der Waals surface area contributed by atoms with Gasteiger partial charge < -0.3 is 0 Å². The van der Waals surface area contributed by atoms with E-state index in [1.54, 1.807) is 0 Å². The standard InChI is InChI=1S/3C8H17O2.Y/c3*1-3-5-6-8(9)10-7-4-2;/h3*8H,3-7H2,1-2H3;/q3*-1;+3. The molecule has 0 aromatic carbocycles. The maximum atomic E-state index is 6.42. The molecule has 0 amide bonds. The molecule has 0 radical (unpaired) electrons. The number of hydrogen-bond acceptors (Lipinski definition) is 6. The van der Waals surface area contributed by atoms with Crippen molar-refractivity contribution in [3.05, 3.63) is 0 Å². The molecule has 0 aromatic heterocycles. The quantitative estimate of drug-likeness (QED) is 0.124. The first-order chi connectivity index (χ1) is 15.1. The van der Waals surface area contributed by atoms with Crippen LogP contribution in [0.3, 0.4) is 0 Å². The molecule has 0 aliphatic carbocycles. The molecule has 3 atom stereocenters. The third-order valence-corrected chi connectivity index (χ3v) is 8.57. The molecule has 0 saturated heterocycles. The number of unbranched alkanes of at least 4 members (excludes halogenated alkanes) is 3. The van der Waals surface area contributed by atoms with E-state index in [2.05, 4.69) is 41.5 Å². The van der Waals surface area contributed by atoms with Crippen LogP contribution in [0.1, 0.15) is 119 Å². The van der Waals surface area contributed by atoms with Crippen LogP contribution in [-0.2, 0) is 49.3 Å². The molecule has 0 aliphatic rings. The zero-order chi connectivity index (χ0) is 23.2. The van der Waals surface area contributed by atoms with E-state index in [9.17, 15) is 0 Å². The van der Waals surface area contributed by atoms with Gasteiger partial charge in [-0.3, -0.25) is 0 Å². The topological polar surface area (TPSA) is 55.4 Å². The van der Waals surface area contributed by atoms with Crippen molar-refractivity contribution < 1.29 is 49.3 Å². The third-order valence-electron chi connectivity index (χ3n) is 4.69. The average molecular weight is 525 g/mol. The molecule has 7 heteroatoms. The molecule has 0 bridgehead atoms. The summed E-state index contributed by atoms with van der Waals surface area (Å²) in [5, 5.41) is 0. The van der Waals surface area contributed by atoms with Crippen molar-refractivity contribution in [3.8, 4) is 0 Å². The predicted octanol–water partition coefficient (Wildman–Crippen LogP) is 7.23. The monoisotopic (exact) mass is 524 g/mol. The van der Waals surface area contributed by atoms with Gasteiger partial charge in [-0.1, -0.05) is 0 Å². The molecule has 0 spiro atoms. The van der Waals surface area contributed by atoms with Crippen molar-refractivity contribution in [2.45, 2.75) is 137 Å². The van der Waals surface area contributed by atoms with E-state index in [4.69, 9.17) is 20.4 Å². The fourth-order valence-electron chi connectivity index (χ4n) is 2.90. The van der Waals surface area contributed by atoms with E-state index in [0.29, 0.717) is 19.8 Å². The minimum absolute atomic E-state index is 0.267. The molecular formula is C24H51O6Y. The summed E-state index contributed by atoms with van der Waals surface area (Å²) in [5.41, 5.74) is 0. The summed E-state index contributed by atoms with van der Waals surface area (Å²) in [4.78, 5) is 0. The number of rotatable bonds is 24. The zero-order valence-electron chi connectivity index (χ0n) is 21.4. The second-order valence-corrected chi connectivity index (χ2v) is 11.5. The SMILES string of the molecule is CCCCC(OCCC)[O][Y]([O]C(CCCC)OCCC)[O]C(CCCC)OCCC. The summed E-state index contributed by atoms with van der Waals surface area (Å²) in [6, 6.07) is 0. The van der Waals surface area contributed by atoms with Gasteiger partial charge in [0.15, 0.2) is 0 Å². The van der Waals surface area contributed by atoms with E-state index in [0.717, 1.165) is 77.0 Å². The van der Waals surface area contributed by atoms with Gasteiger partial charge in [0.2, 0.25) is 0 Å².